The van der Waals surface area contributed by atoms with Crippen LogP contribution in [0.1, 0.15) is 74.8 Å². The van der Waals surface area contributed by atoms with Crippen LogP contribution in [0.25, 0.3) is 5.69 Å². The fourth-order valence-electron chi connectivity index (χ4n) is 4.77. The summed E-state index contributed by atoms with van der Waals surface area (Å²) in [6.45, 7) is 8.40. The molecule has 0 radical (unpaired) electrons. The molecule has 3 heterocycles. The molecule has 1 aromatic heterocycles. The van der Waals surface area contributed by atoms with Gasteiger partial charge in [0.25, 0.3) is 5.91 Å². The predicted octanol–water partition coefficient (Wildman–Crippen LogP) is 4.62. The molecule has 8 heteroatoms. The number of nitrogens with zero attached hydrogens (tertiary/aromatic N) is 4. The van der Waals surface area contributed by atoms with Gasteiger partial charge in [-0.3, -0.25) is 4.79 Å². The van der Waals surface area contributed by atoms with Crippen molar-refractivity contribution in [2.24, 2.45) is 0 Å². The minimum Gasteiger partial charge on any atom is -0.497 e. The Bertz CT molecular complexity index is 995. The van der Waals surface area contributed by atoms with Crippen LogP contribution in [0.15, 0.2) is 30.5 Å². The summed E-state index contributed by atoms with van der Waals surface area (Å²) >= 11 is 0. The summed E-state index contributed by atoms with van der Waals surface area (Å²) in [5.74, 6) is 0.948. The average Bonchev–Trinajstić information content (AvgIpc) is 3.28. The van der Waals surface area contributed by atoms with Crippen LogP contribution >= 0.6 is 0 Å². The van der Waals surface area contributed by atoms with Gasteiger partial charge in [0.2, 0.25) is 0 Å². The highest BCUT2D eigenvalue weighted by atomic mass is 16.6. The van der Waals surface area contributed by atoms with Gasteiger partial charge in [-0.2, -0.15) is 5.10 Å². The number of ether oxygens (including phenoxy) is 2. The van der Waals surface area contributed by atoms with E-state index in [1.807, 2.05) is 54.6 Å². The summed E-state index contributed by atoms with van der Waals surface area (Å²) in [4.78, 5) is 29.8. The lowest BCUT2D eigenvalue weighted by molar-refractivity contribution is 0.0203. The quantitative estimate of drug-likeness (QED) is 0.654. The van der Waals surface area contributed by atoms with E-state index in [9.17, 15) is 9.59 Å². The molecule has 2 aliphatic rings. The first-order valence-electron chi connectivity index (χ1n) is 12.3. The first-order chi connectivity index (χ1) is 16.3. The number of amides is 2. The molecular formula is C26H36N4O4. The summed E-state index contributed by atoms with van der Waals surface area (Å²) in [5.41, 5.74) is 1.98. The highest BCUT2D eigenvalue weighted by Gasteiger charge is 2.33. The van der Waals surface area contributed by atoms with E-state index in [4.69, 9.17) is 9.47 Å². The Kier molecular flexibility index (Phi) is 7.14. The SMILES string of the molecule is COc1ccc(-n2ncc(C(=O)N3CCCCC3)c2C2CCN(C(=O)OC(C)(C)C)CC2)cc1. The molecule has 2 amide bonds. The van der Waals surface area contributed by atoms with Gasteiger partial charge in [-0.15, -0.1) is 0 Å². The molecule has 0 saturated carbocycles. The van der Waals surface area contributed by atoms with Crippen molar-refractivity contribution < 1.29 is 19.1 Å². The second-order valence-corrected chi connectivity index (χ2v) is 10.1. The van der Waals surface area contributed by atoms with Crippen molar-refractivity contribution in [3.05, 3.63) is 41.7 Å². The zero-order chi connectivity index (χ0) is 24.3. The van der Waals surface area contributed by atoms with Gasteiger partial charge in [-0.1, -0.05) is 0 Å². The van der Waals surface area contributed by atoms with Crippen LogP contribution in [-0.4, -0.2) is 70.5 Å². The second-order valence-electron chi connectivity index (χ2n) is 10.1. The number of likely N-dealkylation sites (tertiary alicyclic amines) is 2. The van der Waals surface area contributed by atoms with Crippen LogP contribution in [0.2, 0.25) is 0 Å². The molecule has 0 atom stereocenters. The topological polar surface area (TPSA) is 76.9 Å². The molecule has 2 saturated heterocycles. The van der Waals surface area contributed by atoms with E-state index in [0.29, 0.717) is 18.7 Å². The lowest BCUT2D eigenvalue weighted by atomic mass is 9.90. The minimum atomic E-state index is -0.519. The summed E-state index contributed by atoms with van der Waals surface area (Å²) < 4.78 is 12.8. The number of carbonyl (C=O) groups excluding carboxylic acids is 2. The maximum absolute atomic E-state index is 13.5. The third kappa shape index (κ3) is 5.37. The normalized spacial score (nSPS) is 17.5. The summed E-state index contributed by atoms with van der Waals surface area (Å²) in [7, 11) is 1.64. The highest BCUT2D eigenvalue weighted by Crippen LogP contribution is 2.34. The van der Waals surface area contributed by atoms with Crippen molar-refractivity contribution in [3.8, 4) is 11.4 Å². The Morgan fingerprint density at radius 1 is 0.941 bits per heavy atom. The minimum absolute atomic E-state index is 0.0593. The van der Waals surface area contributed by atoms with E-state index in [0.717, 1.165) is 55.9 Å². The van der Waals surface area contributed by atoms with E-state index >= 15 is 0 Å². The molecule has 0 spiro atoms. The lowest BCUT2D eigenvalue weighted by Crippen LogP contribution is -2.42. The van der Waals surface area contributed by atoms with Gasteiger partial charge in [0, 0.05) is 32.1 Å². The fourth-order valence-corrected chi connectivity index (χ4v) is 4.77. The Balaban J connectivity index is 1.60. The lowest BCUT2D eigenvalue weighted by Gasteiger charge is -2.34. The third-order valence-electron chi connectivity index (χ3n) is 6.53. The molecule has 2 fully saturated rings. The second kappa shape index (κ2) is 10.1. The van der Waals surface area contributed by atoms with Gasteiger partial charge in [0.05, 0.1) is 30.3 Å². The van der Waals surface area contributed by atoms with Crippen LogP contribution in [0.3, 0.4) is 0 Å². The number of rotatable bonds is 4. The van der Waals surface area contributed by atoms with Gasteiger partial charge in [0.1, 0.15) is 11.4 Å². The smallest absolute Gasteiger partial charge is 0.410 e. The molecule has 0 N–H and O–H groups in total. The standard InChI is InChI=1S/C26H36N4O4/c1-26(2,3)34-25(32)29-16-12-19(13-17-29)23-22(24(31)28-14-6-5-7-15-28)18-27-30(23)20-8-10-21(33-4)11-9-20/h8-11,18-19H,5-7,12-17H2,1-4H3. The van der Waals surface area contributed by atoms with E-state index in [1.165, 1.54) is 6.42 Å². The fraction of sp³-hybridized carbons (Fsp3) is 0.577. The third-order valence-corrected chi connectivity index (χ3v) is 6.53. The van der Waals surface area contributed by atoms with Gasteiger partial charge in [-0.25, -0.2) is 9.48 Å². The van der Waals surface area contributed by atoms with Crippen molar-refractivity contribution in [1.29, 1.82) is 0 Å². The molecule has 2 aliphatic heterocycles. The van der Waals surface area contributed by atoms with Crippen molar-refractivity contribution in [2.75, 3.05) is 33.3 Å². The Morgan fingerprint density at radius 3 is 2.18 bits per heavy atom. The number of aromatic nitrogens is 2. The van der Waals surface area contributed by atoms with Crippen molar-refractivity contribution in [2.45, 2.75) is 64.4 Å². The zero-order valence-electron chi connectivity index (χ0n) is 20.7. The van der Waals surface area contributed by atoms with Crippen LogP contribution in [0, 0.1) is 0 Å². The van der Waals surface area contributed by atoms with E-state index in [-0.39, 0.29) is 17.9 Å². The summed E-state index contributed by atoms with van der Waals surface area (Å²) in [5, 5.41) is 4.66. The average molecular weight is 469 g/mol. The Hall–Kier alpha value is -3.03. The molecule has 2 aromatic rings. The predicted molar refractivity (Wildman–Crippen MR) is 130 cm³/mol. The number of piperidine rings is 2. The molecular weight excluding hydrogens is 432 g/mol. The van der Waals surface area contributed by atoms with Crippen molar-refractivity contribution in [3.63, 3.8) is 0 Å². The monoisotopic (exact) mass is 468 g/mol. The number of carbonyl (C=O) groups is 2. The molecule has 1 aromatic carbocycles. The van der Waals surface area contributed by atoms with Crippen molar-refractivity contribution in [1.82, 2.24) is 19.6 Å². The molecule has 184 valence electrons. The first kappa shape index (κ1) is 24.1. The molecule has 0 unspecified atom stereocenters. The molecule has 0 bridgehead atoms. The van der Waals surface area contributed by atoms with E-state index in [2.05, 4.69) is 5.10 Å². The number of benzene rings is 1. The maximum atomic E-state index is 13.5. The van der Waals surface area contributed by atoms with Gasteiger partial charge >= 0.3 is 6.09 Å². The molecule has 0 aliphatic carbocycles. The van der Waals surface area contributed by atoms with Crippen LogP contribution in [0.5, 0.6) is 5.75 Å². The van der Waals surface area contributed by atoms with Crippen LogP contribution in [-0.2, 0) is 4.74 Å². The molecule has 4 rings (SSSR count). The molecule has 34 heavy (non-hydrogen) atoms. The van der Waals surface area contributed by atoms with Gasteiger partial charge < -0.3 is 19.3 Å². The Labute approximate surface area is 201 Å². The van der Waals surface area contributed by atoms with E-state index < -0.39 is 5.60 Å². The van der Waals surface area contributed by atoms with Crippen LogP contribution in [0.4, 0.5) is 4.79 Å². The zero-order valence-corrected chi connectivity index (χ0v) is 20.7. The maximum Gasteiger partial charge on any atom is 0.410 e. The molecule has 8 nitrogen and oxygen atoms in total. The first-order valence-corrected chi connectivity index (χ1v) is 12.3. The largest absolute Gasteiger partial charge is 0.497 e. The van der Waals surface area contributed by atoms with E-state index in [1.54, 1.807) is 18.2 Å². The van der Waals surface area contributed by atoms with Gasteiger partial charge in [0.15, 0.2) is 0 Å². The summed E-state index contributed by atoms with van der Waals surface area (Å²) in [6, 6.07) is 7.72. The van der Waals surface area contributed by atoms with Gasteiger partial charge in [-0.05, 0) is 77.1 Å². The number of hydrogen-bond acceptors (Lipinski definition) is 5. The number of methoxy groups -OCH3 is 1. The number of hydrogen-bond donors (Lipinski definition) is 0. The van der Waals surface area contributed by atoms with Crippen molar-refractivity contribution >= 4 is 12.0 Å². The highest BCUT2D eigenvalue weighted by molar-refractivity contribution is 5.95. The summed E-state index contributed by atoms with van der Waals surface area (Å²) in [6.07, 6.45) is 6.20. The Morgan fingerprint density at radius 2 is 1.59 bits per heavy atom. The van der Waals surface area contributed by atoms with Crippen LogP contribution < -0.4 is 4.74 Å².